The molecular formula is C35H35F5N4O6. The molecule has 3 aromatic carbocycles. The Morgan fingerprint density at radius 1 is 0.920 bits per heavy atom. The fourth-order valence-electron chi connectivity index (χ4n) is 4.30. The fraction of sp³-hybridized carbons (Fsp3) is 0.257. The fourth-order valence-corrected chi connectivity index (χ4v) is 4.30. The highest BCUT2D eigenvalue weighted by Crippen LogP contribution is 2.38. The molecule has 0 saturated heterocycles. The van der Waals surface area contributed by atoms with Gasteiger partial charge in [0, 0.05) is 11.6 Å². The second-order valence-corrected chi connectivity index (χ2v) is 12.0. The number of anilines is 1. The maximum atomic E-state index is 15.9. The number of aryl methyl sites for hydroxylation is 1. The highest BCUT2D eigenvalue weighted by Gasteiger charge is 2.38. The molecule has 0 aliphatic carbocycles. The summed E-state index contributed by atoms with van der Waals surface area (Å²) in [5, 5.41) is 27.5. The maximum absolute atomic E-state index is 15.9. The van der Waals surface area contributed by atoms with Crippen molar-refractivity contribution < 1.29 is 51.2 Å². The number of halogens is 5. The van der Waals surface area contributed by atoms with Crippen molar-refractivity contribution >= 4 is 23.5 Å². The first kappa shape index (κ1) is 38.7. The molecule has 266 valence electrons. The second-order valence-electron chi connectivity index (χ2n) is 12.0. The van der Waals surface area contributed by atoms with E-state index in [0.717, 1.165) is 11.1 Å². The predicted molar refractivity (Wildman–Crippen MR) is 175 cm³/mol. The number of benzene rings is 3. The third-order valence-corrected chi connectivity index (χ3v) is 7.00. The number of alkyl halides is 3. The lowest BCUT2D eigenvalue weighted by Crippen LogP contribution is -2.21. The number of nitrogens with one attached hydrogen (secondary N) is 2. The summed E-state index contributed by atoms with van der Waals surface area (Å²) in [5.74, 6) is -7.89. The molecule has 15 heteroatoms. The zero-order chi connectivity index (χ0) is 37.4. The Hall–Kier alpha value is -5.73. The van der Waals surface area contributed by atoms with E-state index in [2.05, 4.69) is 10.3 Å². The van der Waals surface area contributed by atoms with Crippen LogP contribution in [-0.2, 0) is 16.6 Å². The Morgan fingerprint density at radius 3 is 2.06 bits per heavy atom. The summed E-state index contributed by atoms with van der Waals surface area (Å²) in [6, 6.07) is 19.9. The van der Waals surface area contributed by atoms with Crippen LogP contribution < -0.4 is 20.5 Å². The Balaban J connectivity index is 0.000000872. The molecule has 1 aromatic heterocycles. The van der Waals surface area contributed by atoms with Crippen LogP contribution in [0.5, 0.6) is 23.3 Å². The normalized spacial score (nSPS) is 11.9. The van der Waals surface area contributed by atoms with Crippen molar-refractivity contribution in [1.82, 2.24) is 4.98 Å². The summed E-state index contributed by atoms with van der Waals surface area (Å²) in [5.41, 5.74) is 6.60. The van der Waals surface area contributed by atoms with Crippen LogP contribution in [0.1, 0.15) is 61.2 Å². The molecule has 0 aliphatic heterocycles. The third kappa shape index (κ3) is 10.6. The van der Waals surface area contributed by atoms with Crippen LogP contribution >= 0.6 is 0 Å². The SMILES string of the molecule is CC(CCc1ccccc1)Nc1c(F)c(Oc2cccc(C(=N)N)c2)nc(Oc2ccc(C(C)(C)C)cc2C(=O)O)c1F.O=C(O)C(F)(F)F. The van der Waals surface area contributed by atoms with Gasteiger partial charge >= 0.3 is 18.1 Å². The summed E-state index contributed by atoms with van der Waals surface area (Å²) in [4.78, 5) is 25.0. The summed E-state index contributed by atoms with van der Waals surface area (Å²) in [6.07, 6.45) is -3.87. The second kappa shape index (κ2) is 16.1. The topological polar surface area (TPSA) is 168 Å². The molecule has 6 N–H and O–H groups in total. The molecule has 0 bridgehead atoms. The molecule has 0 aliphatic rings. The number of nitrogens with two attached hydrogens (primary N) is 1. The van der Waals surface area contributed by atoms with Crippen molar-refractivity contribution in [1.29, 1.82) is 5.41 Å². The van der Waals surface area contributed by atoms with Gasteiger partial charge in [-0.1, -0.05) is 69.3 Å². The quantitative estimate of drug-likeness (QED) is 0.0587. The van der Waals surface area contributed by atoms with Crippen LogP contribution in [0.2, 0.25) is 0 Å². The highest BCUT2D eigenvalue weighted by molar-refractivity contribution is 5.95. The molecule has 1 atom stereocenters. The van der Waals surface area contributed by atoms with Crippen LogP contribution in [0.15, 0.2) is 72.8 Å². The van der Waals surface area contributed by atoms with E-state index in [1.165, 1.54) is 24.3 Å². The largest absolute Gasteiger partial charge is 0.490 e. The molecule has 1 heterocycles. The van der Waals surface area contributed by atoms with Gasteiger partial charge in [0.2, 0.25) is 11.6 Å². The summed E-state index contributed by atoms with van der Waals surface area (Å²) < 4.78 is 74.8. The van der Waals surface area contributed by atoms with Crippen LogP contribution in [0.25, 0.3) is 0 Å². The lowest BCUT2D eigenvalue weighted by molar-refractivity contribution is -0.192. The number of carbonyl (C=O) groups is 2. The predicted octanol–water partition coefficient (Wildman–Crippen LogP) is 8.29. The van der Waals surface area contributed by atoms with E-state index in [9.17, 15) is 23.1 Å². The van der Waals surface area contributed by atoms with E-state index in [0.29, 0.717) is 18.4 Å². The summed E-state index contributed by atoms with van der Waals surface area (Å²) >= 11 is 0. The van der Waals surface area contributed by atoms with Gasteiger partial charge in [-0.15, -0.1) is 0 Å². The summed E-state index contributed by atoms with van der Waals surface area (Å²) in [7, 11) is 0. The number of nitrogens with zero attached hydrogens (tertiary/aromatic N) is 1. The van der Waals surface area contributed by atoms with Gasteiger partial charge in [0.15, 0.2) is 0 Å². The Morgan fingerprint density at radius 2 is 1.52 bits per heavy atom. The van der Waals surface area contributed by atoms with Gasteiger partial charge in [0.1, 0.15) is 28.6 Å². The third-order valence-electron chi connectivity index (χ3n) is 7.00. The number of aromatic carboxylic acids is 1. The number of ether oxygens (including phenoxy) is 2. The number of aliphatic carboxylic acids is 1. The monoisotopic (exact) mass is 702 g/mol. The van der Waals surface area contributed by atoms with Gasteiger partial charge in [-0.2, -0.15) is 26.9 Å². The molecule has 1 unspecified atom stereocenters. The zero-order valence-corrected chi connectivity index (χ0v) is 27.4. The first-order chi connectivity index (χ1) is 23.3. The first-order valence-corrected chi connectivity index (χ1v) is 15.0. The van der Waals surface area contributed by atoms with Gasteiger partial charge in [0.05, 0.1) is 0 Å². The van der Waals surface area contributed by atoms with Crippen LogP contribution in [0.4, 0.5) is 27.6 Å². The van der Waals surface area contributed by atoms with E-state index >= 15 is 8.78 Å². The number of hydrogen-bond acceptors (Lipinski definition) is 7. The number of pyridine rings is 1. The number of hydrogen-bond donors (Lipinski definition) is 5. The molecule has 0 spiro atoms. The molecule has 0 fully saturated rings. The van der Waals surface area contributed by atoms with E-state index in [1.54, 1.807) is 25.1 Å². The van der Waals surface area contributed by atoms with E-state index in [4.69, 9.17) is 30.5 Å². The minimum absolute atomic E-state index is 0.0977. The molecule has 4 aromatic rings. The van der Waals surface area contributed by atoms with Gasteiger partial charge in [-0.3, -0.25) is 5.41 Å². The van der Waals surface area contributed by atoms with Gasteiger partial charge in [0.25, 0.3) is 11.8 Å². The Kier molecular flexibility index (Phi) is 12.5. The Labute approximate surface area is 284 Å². The number of carboxylic acid groups (broad SMARTS) is 2. The van der Waals surface area contributed by atoms with Crippen molar-refractivity contribution in [2.45, 2.75) is 58.2 Å². The number of carboxylic acids is 2. The number of aromatic nitrogens is 1. The first-order valence-electron chi connectivity index (χ1n) is 15.0. The highest BCUT2D eigenvalue weighted by atomic mass is 19.4. The molecular weight excluding hydrogens is 667 g/mol. The van der Waals surface area contributed by atoms with Crippen molar-refractivity contribution in [3.05, 3.63) is 107 Å². The molecule has 0 radical (unpaired) electrons. The van der Waals surface area contributed by atoms with E-state index in [1.807, 2.05) is 51.1 Å². The minimum Gasteiger partial charge on any atom is -0.478 e. The zero-order valence-electron chi connectivity index (χ0n) is 27.4. The maximum Gasteiger partial charge on any atom is 0.490 e. The van der Waals surface area contributed by atoms with Crippen LogP contribution in [0.3, 0.4) is 0 Å². The number of amidine groups is 1. The van der Waals surface area contributed by atoms with Crippen LogP contribution in [0, 0.1) is 17.0 Å². The molecule has 0 saturated carbocycles. The van der Waals surface area contributed by atoms with Crippen molar-refractivity contribution in [2.75, 3.05) is 5.32 Å². The van der Waals surface area contributed by atoms with E-state index in [-0.39, 0.29) is 34.4 Å². The smallest absolute Gasteiger partial charge is 0.478 e. The number of rotatable bonds is 11. The lowest BCUT2D eigenvalue weighted by atomic mass is 9.86. The van der Waals surface area contributed by atoms with Crippen molar-refractivity contribution in [3.63, 3.8) is 0 Å². The molecule has 10 nitrogen and oxygen atoms in total. The lowest BCUT2D eigenvalue weighted by Gasteiger charge is -2.21. The molecule has 50 heavy (non-hydrogen) atoms. The van der Waals surface area contributed by atoms with Crippen LogP contribution in [-0.4, -0.2) is 45.2 Å². The summed E-state index contributed by atoms with van der Waals surface area (Å²) in [6.45, 7) is 7.57. The van der Waals surface area contributed by atoms with Gasteiger partial charge < -0.3 is 30.7 Å². The Bertz CT molecular complexity index is 1850. The average molecular weight is 703 g/mol. The number of nitrogen functional groups attached to an aromatic ring is 1. The van der Waals surface area contributed by atoms with Crippen molar-refractivity contribution in [3.8, 4) is 23.3 Å². The average Bonchev–Trinajstić information content (AvgIpc) is 3.04. The van der Waals surface area contributed by atoms with Crippen molar-refractivity contribution in [2.24, 2.45) is 5.73 Å². The molecule has 0 amide bonds. The minimum atomic E-state index is -5.08. The van der Waals surface area contributed by atoms with E-state index < -0.39 is 47.2 Å². The van der Waals surface area contributed by atoms with Gasteiger partial charge in [-0.05, 0) is 60.6 Å². The standard InChI is InChI=1S/C33H34F2N4O4.C2HF3O2/c1-19(13-14-20-9-6-5-7-10-20)38-28-26(34)30(42-23-12-8-11-21(17-23)29(36)37)39-31(27(28)35)43-25-16-15-22(33(2,3)4)18-24(25)32(40)41;3-2(4,5)1(6)7/h5-12,15-19H,13-14H2,1-4H3,(H3,36,37)(H,38,39)(H,40,41);(H,6,7). The van der Waals surface area contributed by atoms with Gasteiger partial charge in [-0.25, -0.2) is 9.59 Å². The molecule has 4 rings (SSSR count).